The smallest absolute Gasteiger partial charge is 0.237 e. The summed E-state index contributed by atoms with van der Waals surface area (Å²) in [7, 11) is 0. The average Bonchev–Trinajstić information content (AvgIpc) is 2.95. The second-order valence-electron chi connectivity index (χ2n) is 4.62. The van der Waals surface area contributed by atoms with Crippen molar-refractivity contribution in [2.24, 2.45) is 11.7 Å². The van der Waals surface area contributed by atoms with Crippen LogP contribution < -0.4 is 11.1 Å². The Kier molecular flexibility index (Phi) is 3.25. The van der Waals surface area contributed by atoms with Crippen LogP contribution in [0.15, 0.2) is 30.3 Å². The summed E-state index contributed by atoms with van der Waals surface area (Å²) in [4.78, 5) is 11.7. The summed E-state index contributed by atoms with van der Waals surface area (Å²) in [6, 6.07) is 9.79. The Bertz CT molecular complexity index is 363. The molecule has 0 bridgehead atoms. The third-order valence-corrected chi connectivity index (χ3v) is 3.07. The van der Waals surface area contributed by atoms with Crippen LogP contribution >= 0.6 is 0 Å². The molecule has 3 N–H and O–H groups in total. The third-order valence-electron chi connectivity index (χ3n) is 3.07. The van der Waals surface area contributed by atoms with Crippen LogP contribution in [0.1, 0.15) is 18.9 Å². The Morgan fingerprint density at radius 2 is 2.12 bits per heavy atom. The minimum atomic E-state index is -0.435. The van der Waals surface area contributed by atoms with E-state index in [1.165, 1.54) is 0 Å². The van der Waals surface area contributed by atoms with Gasteiger partial charge in [0.05, 0.1) is 6.04 Å². The maximum Gasteiger partial charge on any atom is 0.237 e. The van der Waals surface area contributed by atoms with E-state index in [9.17, 15) is 4.79 Å². The van der Waals surface area contributed by atoms with Crippen molar-refractivity contribution >= 4 is 5.91 Å². The monoisotopic (exact) mass is 218 g/mol. The highest BCUT2D eigenvalue weighted by Gasteiger charge is 2.34. The van der Waals surface area contributed by atoms with Gasteiger partial charge in [-0.2, -0.15) is 0 Å². The Hall–Kier alpha value is -1.35. The van der Waals surface area contributed by atoms with Crippen molar-refractivity contribution in [3.05, 3.63) is 35.9 Å². The maximum absolute atomic E-state index is 11.7. The summed E-state index contributed by atoms with van der Waals surface area (Å²) in [6.45, 7) is 2.13. The van der Waals surface area contributed by atoms with Crippen LogP contribution in [0, 0.1) is 5.92 Å². The van der Waals surface area contributed by atoms with Crippen molar-refractivity contribution in [2.75, 3.05) is 0 Å². The van der Waals surface area contributed by atoms with Crippen molar-refractivity contribution in [3.8, 4) is 0 Å². The number of carbonyl (C=O) groups excluding carboxylic acids is 1. The van der Waals surface area contributed by atoms with Gasteiger partial charge in [-0.1, -0.05) is 37.3 Å². The van der Waals surface area contributed by atoms with Crippen molar-refractivity contribution < 1.29 is 4.79 Å². The van der Waals surface area contributed by atoms with E-state index in [4.69, 9.17) is 5.73 Å². The molecule has 0 saturated heterocycles. The number of hydrogen-bond donors (Lipinski definition) is 2. The van der Waals surface area contributed by atoms with Gasteiger partial charge in [0.1, 0.15) is 0 Å². The lowest BCUT2D eigenvalue weighted by Crippen LogP contribution is -2.43. The largest absolute Gasteiger partial charge is 0.352 e. The van der Waals surface area contributed by atoms with Gasteiger partial charge in [0, 0.05) is 6.04 Å². The summed E-state index contributed by atoms with van der Waals surface area (Å²) in [6.07, 6.45) is 1.69. The Labute approximate surface area is 96.0 Å². The van der Waals surface area contributed by atoms with Gasteiger partial charge in [0.15, 0.2) is 0 Å². The fraction of sp³-hybridized carbons (Fsp3) is 0.462. The van der Waals surface area contributed by atoms with E-state index < -0.39 is 6.04 Å². The van der Waals surface area contributed by atoms with Crippen LogP contribution in [-0.4, -0.2) is 18.0 Å². The first-order chi connectivity index (χ1) is 7.66. The topological polar surface area (TPSA) is 55.1 Å². The molecule has 86 valence electrons. The van der Waals surface area contributed by atoms with Crippen LogP contribution in [0.4, 0.5) is 0 Å². The lowest BCUT2D eigenvalue weighted by molar-refractivity contribution is -0.122. The maximum atomic E-state index is 11.7. The van der Waals surface area contributed by atoms with Crippen molar-refractivity contribution in [1.29, 1.82) is 0 Å². The number of carbonyl (C=O) groups is 1. The summed E-state index contributed by atoms with van der Waals surface area (Å²) in [5.41, 5.74) is 6.96. The zero-order chi connectivity index (χ0) is 11.5. The molecule has 3 heteroatoms. The fourth-order valence-corrected chi connectivity index (χ4v) is 1.77. The average molecular weight is 218 g/mol. The van der Waals surface area contributed by atoms with E-state index >= 15 is 0 Å². The van der Waals surface area contributed by atoms with E-state index in [1.807, 2.05) is 30.3 Å². The number of benzene rings is 1. The summed E-state index contributed by atoms with van der Waals surface area (Å²) < 4.78 is 0. The van der Waals surface area contributed by atoms with Crippen molar-refractivity contribution in [2.45, 2.75) is 31.8 Å². The summed E-state index contributed by atoms with van der Waals surface area (Å²) in [5.74, 6) is 0.589. The minimum absolute atomic E-state index is 0.0294. The Morgan fingerprint density at radius 1 is 1.50 bits per heavy atom. The third kappa shape index (κ3) is 2.83. The van der Waals surface area contributed by atoms with Gasteiger partial charge in [-0.25, -0.2) is 0 Å². The molecule has 1 saturated carbocycles. The molecule has 2 rings (SSSR count). The molecule has 3 nitrogen and oxygen atoms in total. The molecular weight excluding hydrogens is 200 g/mol. The Morgan fingerprint density at radius 3 is 2.69 bits per heavy atom. The van der Waals surface area contributed by atoms with Gasteiger partial charge >= 0.3 is 0 Å². The van der Waals surface area contributed by atoms with Crippen LogP contribution in [0.25, 0.3) is 0 Å². The van der Waals surface area contributed by atoms with Crippen molar-refractivity contribution in [1.82, 2.24) is 5.32 Å². The summed E-state index contributed by atoms with van der Waals surface area (Å²) in [5, 5.41) is 2.96. The normalized spacial score (nSPS) is 24.9. The first-order valence-electron chi connectivity index (χ1n) is 5.76. The molecule has 0 aromatic heterocycles. The molecule has 1 aromatic rings. The van der Waals surface area contributed by atoms with E-state index in [-0.39, 0.29) is 5.91 Å². The molecular formula is C13H18N2O. The number of nitrogens with one attached hydrogen (secondary N) is 1. The van der Waals surface area contributed by atoms with E-state index in [0.29, 0.717) is 18.4 Å². The first kappa shape index (κ1) is 11.1. The van der Waals surface area contributed by atoms with Gasteiger partial charge < -0.3 is 11.1 Å². The lowest BCUT2D eigenvalue weighted by Gasteiger charge is -2.11. The van der Waals surface area contributed by atoms with E-state index in [1.54, 1.807) is 0 Å². The zero-order valence-electron chi connectivity index (χ0n) is 9.52. The zero-order valence-corrected chi connectivity index (χ0v) is 9.52. The molecule has 0 spiro atoms. The van der Waals surface area contributed by atoms with Crippen LogP contribution in [0.5, 0.6) is 0 Å². The standard InChI is InChI=1S/C13H18N2O/c1-9-7-12(9)15-13(16)11(14)8-10-5-3-2-4-6-10/h2-6,9,11-12H,7-8,14H2,1H3,(H,15,16)/t9?,11-,12?/m0/s1. The van der Waals surface area contributed by atoms with Crippen LogP contribution in [-0.2, 0) is 11.2 Å². The van der Waals surface area contributed by atoms with E-state index in [0.717, 1.165) is 12.0 Å². The quantitative estimate of drug-likeness (QED) is 0.794. The fourth-order valence-electron chi connectivity index (χ4n) is 1.77. The highest BCUT2D eigenvalue weighted by molar-refractivity contribution is 5.82. The molecule has 1 aromatic carbocycles. The minimum Gasteiger partial charge on any atom is -0.352 e. The van der Waals surface area contributed by atoms with E-state index in [2.05, 4.69) is 12.2 Å². The highest BCUT2D eigenvalue weighted by Crippen LogP contribution is 2.28. The molecule has 16 heavy (non-hydrogen) atoms. The van der Waals surface area contributed by atoms with Crippen LogP contribution in [0.3, 0.4) is 0 Å². The van der Waals surface area contributed by atoms with Gasteiger partial charge in [-0.15, -0.1) is 0 Å². The molecule has 0 heterocycles. The SMILES string of the molecule is CC1CC1NC(=O)[C@@H](N)Cc1ccccc1. The predicted molar refractivity (Wildman–Crippen MR) is 63.8 cm³/mol. The number of amides is 1. The molecule has 1 aliphatic rings. The molecule has 0 aliphatic heterocycles. The molecule has 1 amide bonds. The molecule has 3 atom stereocenters. The summed E-state index contributed by atoms with van der Waals surface area (Å²) >= 11 is 0. The Balaban J connectivity index is 1.83. The van der Waals surface area contributed by atoms with Crippen LogP contribution in [0.2, 0.25) is 0 Å². The predicted octanol–water partition coefficient (Wildman–Crippen LogP) is 1.08. The van der Waals surface area contributed by atoms with Gasteiger partial charge in [0.25, 0.3) is 0 Å². The number of nitrogens with two attached hydrogens (primary N) is 1. The molecule has 2 unspecified atom stereocenters. The highest BCUT2D eigenvalue weighted by atomic mass is 16.2. The number of rotatable bonds is 4. The first-order valence-corrected chi connectivity index (χ1v) is 5.76. The number of hydrogen-bond acceptors (Lipinski definition) is 2. The molecule has 1 fully saturated rings. The lowest BCUT2D eigenvalue weighted by atomic mass is 10.1. The second-order valence-corrected chi connectivity index (χ2v) is 4.62. The van der Waals surface area contributed by atoms with Crippen molar-refractivity contribution in [3.63, 3.8) is 0 Å². The van der Waals surface area contributed by atoms with Gasteiger partial charge in [-0.05, 0) is 24.3 Å². The molecule has 0 radical (unpaired) electrons. The van der Waals surface area contributed by atoms with Gasteiger partial charge in [-0.3, -0.25) is 4.79 Å². The second kappa shape index (κ2) is 4.66. The molecule has 1 aliphatic carbocycles. The van der Waals surface area contributed by atoms with Gasteiger partial charge in [0.2, 0.25) is 5.91 Å².